The van der Waals surface area contributed by atoms with Gasteiger partial charge in [-0.05, 0) is 19.4 Å². The maximum atomic E-state index is 10.6. The summed E-state index contributed by atoms with van der Waals surface area (Å²) in [5.74, 6) is 0. The molecule has 1 atom stereocenters. The van der Waals surface area contributed by atoms with Gasteiger partial charge in [0.15, 0.2) is 0 Å². The van der Waals surface area contributed by atoms with Crippen LogP contribution in [-0.4, -0.2) is 48.4 Å². The second kappa shape index (κ2) is 5.04. The van der Waals surface area contributed by atoms with Crippen LogP contribution in [0.2, 0.25) is 0 Å². The van der Waals surface area contributed by atoms with Crippen molar-refractivity contribution in [3.05, 3.63) is 0 Å². The molecule has 1 fully saturated rings. The maximum absolute atomic E-state index is 10.6. The van der Waals surface area contributed by atoms with Crippen molar-refractivity contribution in [2.75, 3.05) is 26.2 Å². The number of carboxylic acid groups (broad SMARTS) is 1. The molecule has 5 nitrogen and oxygen atoms in total. The Bertz CT molecular complexity index is 175. The third-order valence-corrected chi connectivity index (χ3v) is 2.14. The van der Waals surface area contributed by atoms with Crippen molar-refractivity contribution >= 4 is 6.09 Å². The molecule has 3 N–H and O–H groups in total. The molecule has 0 aliphatic carbocycles. The molecular formula is C8H16N2O3. The fourth-order valence-electron chi connectivity index (χ4n) is 1.41. The molecule has 1 aliphatic heterocycles. The van der Waals surface area contributed by atoms with E-state index >= 15 is 0 Å². The average Bonchev–Trinajstić information content (AvgIpc) is 2.15. The van der Waals surface area contributed by atoms with Crippen LogP contribution >= 0.6 is 0 Å². The highest BCUT2D eigenvalue weighted by Crippen LogP contribution is 2.09. The molecule has 1 amide bonds. The van der Waals surface area contributed by atoms with Crippen molar-refractivity contribution in [3.63, 3.8) is 0 Å². The SMILES string of the molecule is NCCCC1CN(C(=O)O)CCO1. The van der Waals surface area contributed by atoms with Crippen LogP contribution in [0.4, 0.5) is 4.79 Å². The van der Waals surface area contributed by atoms with Gasteiger partial charge in [0.1, 0.15) is 0 Å². The van der Waals surface area contributed by atoms with Crippen molar-refractivity contribution < 1.29 is 14.6 Å². The Labute approximate surface area is 77.5 Å². The molecule has 76 valence electrons. The van der Waals surface area contributed by atoms with Crippen molar-refractivity contribution in [1.82, 2.24) is 4.90 Å². The first-order valence-electron chi connectivity index (χ1n) is 4.53. The number of rotatable bonds is 3. The second-order valence-corrected chi connectivity index (χ2v) is 3.15. The summed E-state index contributed by atoms with van der Waals surface area (Å²) in [5, 5.41) is 8.73. The zero-order valence-corrected chi connectivity index (χ0v) is 7.61. The molecule has 0 bridgehead atoms. The lowest BCUT2D eigenvalue weighted by Crippen LogP contribution is -2.45. The van der Waals surface area contributed by atoms with Gasteiger partial charge in [-0.1, -0.05) is 0 Å². The van der Waals surface area contributed by atoms with Crippen LogP contribution in [0.25, 0.3) is 0 Å². The monoisotopic (exact) mass is 188 g/mol. The zero-order chi connectivity index (χ0) is 9.68. The minimum atomic E-state index is -0.860. The molecule has 1 heterocycles. The van der Waals surface area contributed by atoms with Crippen LogP contribution in [0.15, 0.2) is 0 Å². The Morgan fingerprint density at radius 3 is 3.08 bits per heavy atom. The fourth-order valence-corrected chi connectivity index (χ4v) is 1.41. The Morgan fingerprint density at radius 2 is 2.46 bits per heavy atom. The molecular weight excluding hydrogens is 172 g/mol. The number of nitrogens with two attached hydrogens (primary N) is 1. The van der Waals surface area contributed by atoms with Gasteiger partial charge in [0.2, 0.25) is 0 Å². The summed E-state index contributed by atoms with van der Waals surface area (Å²) in [6, 6.07) is 0. The Balaban J connectivity index is 2.29. The number of amides is 1. The zero-order valence-electron chi connectivity index (χ0n) is 7.61. The second-order valence-electron chi connectivity index (χ2n) is 3.15. The van der Waals surface area contributed by atoms with Gasteiger partial charge in [0.25, 0.3) is 0 Å². The maximum Gasteiger partial charge on any atom is 0.407 e. The highest BCUT2D eigenvalue weighted by molar-refractivity contribution is 5.65. The summed E-state index contributed by atoms with van der Waals surface area (Å²) in [7, 11) is 0. The van der Waals surface area contributed by atoms with E-state index in [2.05, 4.69) is 0 Å². The molecule has 1 saturated heterocycles. The molecule has 0 aromatic heterocycles. The van der Waals surface area contributed by atoms with E-state index in [1.165, 1.54) is 4.90 Å². The van der Waals surface area contributed by atoms with Crippen LogP contribution in [0, 0.1) is 0 Å². The van der Waals surface area contributed by atoms with E-state index in [9.17, 15) is 4.79 Å². The summed E-state index contributed by atoms with van der Waals surface area (Å²) in [4.78, 5) is 12.0. The lowest BCUT2D eigenvalue weighted by molar-refractivity contribution is -0.0257. The van der Waals surface area contributed by atoms with Crippen molar-refractivity contribution in [1.29, 1.82) is 0 Å². The number of morpholine rings is 1. The number of ether oxygens (including phenoxy) is 1. The topological polar surface area (TPSA) is 75.8 Å². The molecule has 13 heavy (non-hydrogen) atoms. The number of hydrogen-bond acceptors (Lipinski definition) is 3. The molecule has 0 saturated carbocycles. The van der Waals surface area contributed by atoms with Gasteiger partial charge < -0.3 is 20.5 Å². The van der Waals surface area contributed by atoms with Crippen LogP contribution in [0.5, 0.6) is 0 Å². The van der Waals surface area contributed by atoms with Gasteiger partial charge in [0.05, 0.1) is 19.3 Å². The third kappa shape index (κ3) is 3.20. The van der Waals surface area contributed by atoms with E-state index in [1.54, 1.807) is 0 Å². The van der Waals surface area contributed by atoms with Crippen LogP contribution < -0.4 is 5.73 Å². The molecule has 0 radical (unpaired) electrons. The van der Waals surface area contributed by atoms with Crippen LogP contribution in [0.3, 0.4) is 0 Å². The van der Waals surface area contributed by atoms with Gasteiger partial charge in [-0.3, -0.25) is 0 Å². The van der Waals surface area contributed by atoms with E-state index in [1.807, 2.05) is 0 Å². The first-order valence-corrected chi connectivity index (χ1v) is 4.53. The number of carbonyl (C=O) groups is 1. The van der Waals surface area contributed by atoms with Gasteiger partial charge in [-0.2, -0.15) is 0 Å². The lowest BCUT2D eigenvalue weighted by atomic mass is 10.1. The summed E-state index contributed by atoms with van der Waals surface area (Å²) in [6.07, 6.45) is 0.910. The first-order chi connectivity index (χ1) is 6.24. The molecule has 0 spiro atoms. The predicted octanol–water partition coefficient (Wildman–Crippen LogP) is 0.104. The number of hydrogen-bond donors (Lipinski definition) is 2. The van der Waals surface area contributed by atoms with E-state index in [4.69, 9.17) is 15.6 Å². The predicted molar refractivity (Wildman–Crippen MR) is 47.6 cm³/mol. The van der Waals surface area contributed by atoms with E-state index in [0.717, 1.165) is 12.8 Å². The standard InChI is InChI=1S/C8H16N2O3/c9-3-1-2-7-6-10(8(11)12)4-5-13-7/h7H,1-6,9H2,(H,11,12). The van der Waals surface area contributed by atoms with E-state index in [-0.39, 0.29) is 6.10 Å². The van der Waals surface area contributed by atoms with Crippen molar-refractivity contribution in [2.24, 2.45) is 5.73 Å². The summed E-state index contributed by atoms with van der Waals surface area (Å²) in [6.45, 7) is 2.10. The minimum absolute atomic E-state index is 0.0356. The Morgan fingerprint density at radius 1 is 1.69 bits per heavy atom. The highest BCUT2D eigenvalue weighted by atomic mass is 16.5. The molecule has 0 aromatic carbocycles. The van der Waals surface area contributed by atoms with E-state index < -0.39 is 6.09 Å². The lowest BCUT2D eigenvalue weighted by Gasteiger charge is -2.30. The van der Waals surface area contributed by atoms with Gasteiger partial charge in [-0.25, -0.2) is 4.79 Å². The van der Waals surface area contributed by atoms with Gasteiger partial charge in [-0.15, -0.1) is 0 Å². The van der Waals surface area contributed by atoms with Gasteiger partial charge in [0, 0.05) is 6.54 Å². The summed E-state index contributed by atoms with van der Waals surface area (Å²) >= 11 is 0. The average molecular weight is 188 g/mol. The first kappa shape index (κ1) is 10.3. The quantitative estimate of drug-likeness (QED) is 0.658. The molecule has 1 aliphatic rings. The van der Waals surface area contributed by atoms with Crippen LogP contribution in [0.1, 0.15) is 12.8 Å². The molecule has 1 rings (SSSR count). The normalized spacial score (nSPS) is 23.2. The molecule has 5 heteroatoms. The third-order valence-electron chi connectivity index (χ3n) is 2.14. The largest absolute Gasteiger partial charge is 0.465 e. The Hall–Kier alpha value is -0.810. The van der Waals surface area contributed by atoms with Crippen molar-refractivity contribution in [3.8, 4) is 0 Å². The van der Waals surface area contributed by atoms with E-state index in [0.29, 0.717) is 26.2 Å². The molecule has 0 aromatic rings. The summed E-state index contributed by atoms with van der Waals surface area (Å²) in [5.41, 5.74) is 5.35. The summed E-state index contributed by atoms with van der Waals surface area (Å²) < 4.78 is 5.40. The van der Waals surface area contributed by atoms with Gasteiger partial charge >= 0.3 is 6.09 Å². The Kier molecular flexibility index (Phi) is 3.98. The highest BCUT2D eigenvalue weighted by Gasteiger charge is 2.22. The van der Waals surface area contributed by atoms with Crippen molar-refractivity contribution in [2.45, 2.75) is 18.9 Å². The smallest absolute Gasteiger partial charge is 0.407 e. The van der Waals surface area contributed by atoms with Crippen LogP contribution in [-0.2, 0) is 4.74 Å². The fraction of sp³-hybridized carbons (Fsp3) is 0.875. The molecule has 1 unspecified atom stereocenters. The number of nitrogens with zero attached hydrogens (tertiary/aromatic N) is 1. The minimum Gasteiger partial charge on any atom is -0.465 e.